The smallest absolute Gasteiger partial charge is 0.225 e. The molecule has 2 saturated heterocycles. The molecule has 0 bridgehead atoms. The number of piperazine rings is 1. The normalized spacial score (nSPS) is 20.0. The first kappa shape index (κ1) is 31.0. The monoisotopic (exact) mass is 702 g/mol. The highest BCUT2D eigenvalue weighted by atomic mass is 79.9. The fraction of sp³-hybridized carbons (Fsp3) is 0.371. The number of halogens is 1. The van der Waals surface area contributed by atoms with Crippen molar-refractivity contribution in [2.75, 3.05) is 49.2 Å². The Morgan fingerprint density at radius 3 is 2.28 bits per heavy atom. The van der Waals surface area contributed by atoms with Gasteiger partial charge in [-0.2, -0.15) is 5.10 Å². The highest BCUT2D eigenvalue weighted by Gasteiger charge is 2.45. The molecule has 0 aliphatic carbocycles. The van der Waals surface area contributed by atoms with Crippen molar-refractivity contribution in [3.05, 3.63) is 106 Å². The van der Waals surface area contributed by atoms with Crippen LogP contribution in [-0.4, -0.2) is 64.8 Å². The van der Waals surface area contributed by atoms with Crippen LogP contribution >= 0.6 is 27.3 Å². The molecule has 46 heavy (non-hydrogen) atoms. The van der Waals surface area contributed by atoms with E-state index in [1.165, 1.54) is 34.8 Å². The Labute approximate surface area is 282 Å². The third-order valence-corrected chi connectivity index (χ3v) is 10.6. The molecular weight excluding hydrogens is 664 g/mol. The Morgan fingerprint density at radius 2 is 1.63 bits per heavy atom. The van der Waals surface area contributed by atoms with Crippen molar-refractivity contribution < 1.29 is 14.2 Å². The molecule has 0 saturated carbocycles. The first-order valence-electron chi connectivity index (χ1n) is 15.9. The van der Waals surface area contributed by atoms with Crippen LogP contribution in [-0.2, 0) is 34.6 Å². The maximum absolute atomic E-state index is 6.53. The predicted molar refractivity (Wildman–Crippen MR) is 185 cm³/mol. The molecule has 0 amide bonds. The molecule has 2 atom stereocenters. The minimum Gasteiger partial charge on any atom is -0.491 e. The summed E-state index contributed by atoms with van der Waals surface area (Å²) in [5.41, 5.74) is 6.41. The first-order valence-corrected chi connectivity index (χ1v) is 17.6. The number of benzene rings is 2. The van der Waals surface area contributed by atoms with Crippen molar-refractivity contribution in [1.82, 2.24) is 19.3 Å². The number of hydrogen-bond acceptors (Lipinski definition) is 8. The molecule has 5 aromatic rings. The van der Waals surface area contributed by atoms with Gasteiger partial charge in [0.15, 0.2) is 0 Å². The summed E-state index contributed by atoms with van der Waals surface area (Å²) in [6.07, 6.45) is 5.03. The van der Waals surface area contributed by atoms with Crippen molar-refractivity contribution in [3.8, 4) is 11.4 Å². The van der Waals surface area contributed by atoms with Gasteiger partial charge >= 0.3 is 0 Å². The van der Waals surface area contributed by atoms with E-state index < -0.39 is 5.79 Å². The minimum absolute atomic E-state index is 0.220. The van der Waals surface area contributed by atoms with E-state index in [4.69, 9.17) is 14.2 Å². The molecule has 2 fully saturated rings. The standard InChI is InChI=1S/C35H39BrN6O3S/c1-3-27-8-9-28(4-2)42(27)30-12-10-29(11-13-30)39-14-16-40(17-15-39)31-6-5-7-32(19-31)43-20-33-21-44-35(45-33,23-41-25-37-24-38-41)34-18-26(36)22-46-34/h5-13,18-19,22,24-25,33H,3-4,14-17,20-21,23H2,1-2H3. The lowest BCUT2D eigenvalue weighted by Crippen LogP contribution is -2.46. The lowest BCUT2D eigenvalue weighted by atomic mass is 10.2. The van der Waals surface area contributed by atoms with Crippen LogP contribution in [0.2, 0.25) is 0 Å². The molecule has 9 nitrogen and oxygen atoms in total. The molecule has 11 heteroatoms. The maximum Gasteiger partial charge on any atom is 0.225 e. The highest BCUT2D eigenvalue weighted by molar-refractivity contribution is 9.10. The van der Waals surface area contributed by atoms with Crippen LogP contribution in [0.4, 0.5) is 11.4 Å². The van der Waals surface area contributed by atoms with Gasteiger partial charge in [-0.25, -0.2) is 9.67 Å². The Balaban J connectivity index is 0.950. The van der Waals surface area contributed by atoms with Gasteiger partial charge in [0.25, 0.3) is 0 Å². The molecule has 0 N–H and O–H groups in total. The van der Waals surface area contributed by atoms with E-state index in [9.17, 15) is 0 Å². The second-order valence-corrected chi connectivity index (χ2v) is 13.5. The molecule has 0 spiro atoms. The molecule has 7 rings (SSSR count). The average molecular weight is 704 g/mol. The van der Waals surface area contributed by atoms with Crippen molar-refractivity contribution in [3.63, 3.8) is 0 Å². The molecule has 0 radical (unpaired) electrons. The largest absolute Gasteiger partial charge is 0.491 e. The van der Waals surface area contributed by atoms with E-state index in [0.29, 0.717) is 19.8 Å². The van der Waals surface area contributed by atoms with Gasteiger partial charge in [0.2, 0.25) is 5.79 Å². The summed E-state index contributed by atoms with van der Waals surface area (Å²) in [5.74, 6) is -0.103. The Hall–Kier alpha value is -3.64. The maximum atomic E-state index is 6.53. The molecule has 2 aliphatic heterocycles. The lowest BCUT2D eigenvalue weighted by molar-refractivity contribution is -0.188. The van der Waals surface area contributed by atoms with Gasteiger partial charge in [0.1, 0.15) is 37.7 Å². The summed E-state index contributed by atoms with van der Waals surface area (Å²) >= 11 is 5.16. The zero-order chi connectivity index (χ0) is 31.5. The second-order valence-electron chi connectivity index (χ2n) is 11.7. The van der Waals surface area contributed by atoms with Crippen LogP contribution in [0.15, 0.2) is 89.2 Å². The van der Waals surface area contributed by atoms with Crippen molar-refractivity contribution in [2.24, 2.45) is 0 Å². The van der Waals surface area contributed by atoms with Crippen molar-refractivity contribution >= 4 is 38.6 Å². The van der Waals surface area contributed by atoms with E-state index in [0.717, 1.165) is 54.1 Å². The summed E-state index contributed by atoms with van der Waals surface area (Å²) in [6, 6.07) is 24.0. The van der Waals surface area contributed by atoms with E-state index >= 15 is 0 Å². The summed E-state index contributed by atoms with van der Waals surface area (Å²) in [7, 11) is 0. The highest BCUT2D eigenvalue weighted by Crippen LogP contribution is 2.40. The molecule has 3 aromatic heterocycles. The van der Waals surface area contributed by atoms with Crippen LogP contribution < -0.4 is 14.5 Å². The van der Waals surface area contributed by atoms with Crippen LogP contribution in [0.3, 0.4) is 0 Å². The summed E-state index contributed by atoms with van der Waals surface area (Å²) in [6.45, 7) is 9.50. The Bertz CT molecular complexity index is 1710. The lowest BCUT2D eigenvalue weighted by Gasteiger charge is -2.37. The van der Waals surface area contributed by atoms with Gasteiger partial charge in [0, 0.05) is 70.5 Å². The van der Waals surface area contributed by atoms with Crippen LogP contribution in [0, 0.1) is 0 Å². The Morgan fingerprint density at radius 1 is 0.913 bits per heavy atom. The molecule has 2 aromatic carbocycles. The quantitative estimate of drug-likeness (QED) is 0.152. The van der Waals surface area contributed by atoms with E-state index in [1.807, 2.05) is 17.5 Å². The number of nitrogens with zero attached hydrogens (tertiary/aromatic N) is 6. The van der Waals surface area contributed by atoms with Crippen LogP contribution in [0.5, 0.6) is 5.75 Å². The number of aromatic nitrogens is 4. The number of ether oxygens (including phenoxy) is 3. The SMILES string of the molecule is CCc1ccc(CC)n1-c1ccc(N2CCN(c3cccc(OCC4COC(Cn5cncn5)(c5cc(Br)cs5)O4)c3)CC2)cc1. The van der Waals surface area contributed by atoms with Crippen LogP contribution in [0.25, 0.3) is 5.69 Å². The molecule has 2 aliphatic rings. The third-order valence-electron chi connectivity index (χ3n) is 8.78. The zero-order valence-electron chi connectivity index (χ0n) is 26.2. The number of anilines is 2. The number of thiophene rings is 1. The summed E-state index contributed by atoms with van der Waals surface area (Å²) < 4.78 is 24.3. The number of hydrogen-bond donors (Lipinski definition) is 0. The van der Waals surface area contributed by atoms with E-state index in [-0.39, 0.29) is 6.10 Å². The predicted octanol–water partition coefficient (Wildman–Crippen LogP) is 6.69. The van der Waals surface area contributed by atoms with Crippen LogP contribution in [0.1, 0.15) is 30.1 Å². The third kappa shape index (κ3) is 6.46. The van der Waals surface area contributed by atoms with Gasteiger partial charge in [-0.1, -0.05) is 19.9 Å². The zero-order valence-corrected chi connectivity index (χ0v) is 28.6. The summed E-state index contributed by atoms with van der Waals surface area (Å²) in [5, 5.41) is 6.31. The summed E-state index contributed by atoms with van der Waals surface area (Å²) in [4.78, 5) is 9.97. The molecular formula is C35H39BrN6O3S. The number of rotatable bonds is 11. The van der Waals surface area contributed by atoms with Gasteiger partial charge in [0.05, 0.1) is 11.5 Å². The van der Waals surface area contributed by atoms with Crippen molar-refractivity contribution in [1.29, 1.82) is 0 Å². The van der Waals surface area contributed by atoms with Gasteiger partial charge < -0.3 is 28.6 Å². The van der Waals surface area contributed by atoms with Gasteiger partial charge in [-0.05, 0) is 83.4 Å². The first-order chi connectivity index (χ1) is 22.5. The fourth-order valence-electron chi connectivity index (χ4n) is 6.38. The van der Waals surface area contributed by atoms with E-state index in [1.54, 1.807) is 22.3 Å². The number of aryl methyl sites for hydroxylation is 2. The Kier molecular flexibility index (Phi) is 9.17. The molecule has 5 heterocycles. The van der Waals surface area contributed by atoms with Crippen molar-refractivity contribution in [2.45, 2.75) is 45.1 Å². The fourth-order valence-corrected chi connectivity index (χ4v) is 7.90. The van der Waals surface area contributed by atoms with Gasteiger partial charge in [-0.3, -0.25) is 0 Å². The topological polar surface area (TPSA) is 69.8 Å². The van der Waals surface area contributed by atoms with Gasteiger partial charge in [-0.15, -0.1) is 11.3 Å². The van der Waals surface area contributed by atoms with E-state index in [2.05, 4.69) is 109 Å². The molecule has 240 valence electrons. The minimum atomic E-state index is -0.931. The molecule has 2 unspecified atom stereocenters. The average Bonchev–Trinajstić information content (AvgIpc) is 3.92. The second kappa shape index (κ2) is 13.6.